The lowest BCUT2D eigenvalue weighted by atomic mass is 10.2. The Balaban J connectivity index is 2.70. The van der Waals surface area contributed by atoms with Crippen molar-refractivity contribution in [2.45, 2.75) is 0 Å². The fraction of sp³-hybridized carbons (Fsp3) is 0.273. The molecule has 17 heavy (non-hydrogen) atoms. The molecule has 0 fully saturated rings. The minimum Gasteiger partial charge on any atom is -0.508 e. The van der Waals surface area contributed by atoms with E-state index < -0.39 is 5.91 Å². The van der Waals surface area contributed by atoms with E-state index in [4.69, 9.17) is 0 Å². The van der Waals surface area contributed by atoms with Crippen molar-refractivity contribution in [2.75, 3.05) is 20.6 Å². The molecule has 92 valence electrons. The van der Waals surface area contributed by atoms with Gasteiger partial charge in [0, 0.05) is 14.1 Å². The third-order valence-electron chi connectivity index (χ3n) is 2.12. The Bertz CT molecular complexity index is 443. The van der Waals surface area contributed by atoms with Crippen LogP contribution in [0.2, 0.25) is 0 Å². The van der Waals surface area contributed by atoms with Crippen LogP contribution in [0.5, 0.6) is 11.5 Å². The van der Waals surface area contributed by atoms with Crippen LogP contribution in [-0.2, 0) is 4.79 Å². The molecule has 0 aliphatic carbocycles. The smallest absolute Gasteiger partial charge is 0.255 e. The van der Waals surface area contributed by atoms with Crippen LogP contribution < -0.4 is 5.32 Å². The molecule has 0 heterocycles. The lowest BCUT2D eigenvalue weighted by Crippen LogP contribution is -2.36. The average molecular weight is 238 g/mol. The Morgan fingerprint density at radius 2 is 1.94 bits per heavy atom. The van der Waals surface area contributed by atoms with E-state index in [2.05, 4.69) is 5.32 Å². The quantitative estimate of drug-likeness (QED) is 0.642. The van der Waals surface area contributed by atoms with E-state index in [-0.39, 0.29) is 29.5 Å². The number of carbonyl (C=O) groups excluding carboxylic acids is 2. The first-order valence-electron chi connectivity index (χ1n) is 4.92. The van der Waals surface area contributed by atoms with Gasteiger partial charge in [0.1, 0.15) is 11.5 Å². The van der Waals surface area contributed by atoms with E-state index in [1.165, 1.54) is 17.0 Å². The van der Waals surface area contributed by atoms with Crippen molar-refractivity contribution < 1.29 is 19.8 Å². The molecule has 1 aromatic carbocycles. The lowest BCUT2D eigenvalue weighted by Gasteiger charge is -2.11. The number of likely N-dealkylation sites (N-methyl/N-ethyl adjacent to an activating group) is 1. The summed E-state index contributed by atoms with van der Waals surface area (Å²) in [7, 11) is 3.14. The predicted molar refractivity (Wildman–Crippen MR) is 60.8 cm³/mol. The van der Waals surface area contributed by atoms with Gasteiger partial charge in [-0.15, -0.1) is 0 Å². The van der Waals surface area contributed by atoms with Crippen LogP contribution in [0.4, 0.5) is 0 Å². The van der Waals surface area contributed by atoms with Crippen LogP contribution in [0.1, 0.15) is 10.4 Å². The summed E-state index contributed by atoms with van der Waals surface area (Å²) in [5.74, 6) is -1.27. The van der Waals surface area contributed by atoms with Crippen LogP contribution >= 0.6 is 0 Å². The van der Waals surface area contributed by atoms with Crippen molar-refractivity contribution in [1.29, 1.82) is 0 Å². The first-order chi connectivity index (χ1) is 7.91. The van der Waals surface area contributed by atoms with Gasteiger partial charge in [-0.2, -0.15) is 0 Å². The fourth-order valence-electron chi connectivity index (χ4n) is 1.12. The highest BCUT2D eigenvalue weighted by atomic mass is 16.3. The summed E-state index contributed by atoms with van der Waals surface area (Å²) < 4.78 is 0. The molecule has 1 aromatic rings. The molecule has 0 saturated carbocycles. The van der Waals surface area contributed by atoms with Crippen LogP contribution in [0.25, 0.3) is 0 Å². The molecule has 0 radical (unpaired) electrons. The highest BCUT2D eigenvalue weighted by Crippen LogP contribution is 2.21. The number of rotatable bonds is 3. The van der Waals surface area contributed by atoms with Crippen molar-refractivity contribution in [3.8, 4) is 11.5 Å². The first kappa shape index (κ1) is 12.8. The van der Waals surface area contributed by atoms with Crippen LogP contribution in [-0.4, -0.2) is 47.6 Å². The molecule has 6 nitrogen and oxygen atoms in total. The van der Waals surface area contributed by atoms with Gasteiger partial charge in [0.15, 0.2) is 0 Å². The Morgan fingerprint density at radius 3 is 2.53 bits per heavy atom. The number of amides is 2. The van der Waals surface area contributed by atoms with Crippen LogP contribution in [0.15, 0.2) is 18.2 Å². The van der Waals surface area contributed by atoms with Crippen molar-refractivity contribution in [2.24, 2.45) is 0 Å². The number of nitrogens with one attached hydrogen (secondary N) is 1. The molecule has 0 atom stereocenters. The molecule has 1 rings (SSSR count). The molecule has 0 spiro atoms. The van der Waals surface area contributed by atoms with Gasteiger partial charge in [0.05, 0.1) is 12.1 Å². The molecular formula is C11H14N2O4. The molecule has 0 saturated heterocycles. The van der Waals surface area contributed by atoms with Crippen LogP contribution in [0, 0.1) is 0 Å². The summed E-state index contributed by atoms with van der Waals surface area (Å²) in [5, 5.41) is 20.9. The topological polar surface area (TPSA) is 89.9 Å². The summed E-state index contributed by atoms with van der Waals surface area (Å²) in [5.41, 5.74) is -0.0726. The van der Waals surface area contributed by atoms with E-state index in [0.717, 1.165) is 6.07 Å². The van der Waals surface area contributed by atoms with Gasteiger partial charge in [-0.25, -0.2) is 0 Å². The third-order valence-corrected chi connectivity index (χ3v) is 2.12. The van der Waals surface area contributed by atoms with E-state index in [0.29, 0.717) is 0 Å². The summed E-state index contributed by atoms with van der Waals surface area (Å²) >= 11 is 0. The molecule has 3 N–H and O–H groups in total. The van der Waals surface area contributed by atoms with Gasteiger partial charge in [0.25, 0.3) is 5.91 Å². The largest absolute Gasteiger partial charge is 0.508 e. The Kier molecular flexibility index (Phi) is 3.92. The number of phenolic OH excluding ortho intramolecular Hbond substituents is 2. The third kappa shape index (κ3) is 3.37. The standard InChI is InChI=1S/C11H14N2O4/c1-13(2)10(16)6-12-11(17)8-5-7(14)3-4-9(8)15/h3-5,14-15H,6H2,1-2H3,(H,12,17). The number of hydrogen-bond acceptors (Lipinski definition) is 4. The van der Waals surface area contributed by atoms with Gasteiger partial charge in [-0.3, -0.25) is 9.59 Å². The number of benzene rings is 1. The summed E-state index contributed by atoms with van der Waals surface area (Å²) in [4.78, 5) is 24.2. The zero-order valence-corrected chi connectivity index (χ0v) is 9.60. The maximum absolute atomic E-state index is 11.6. The molecule has 6 heteroatoms. The Morgan fingerprint density at radius 1 is 1.29 bits per heavy atom. The highest BCUT2D eigenvalue weighted by molar-refractivity contribution is 5.98. The van der Waals surface area contributed by atoms with Crippen LogP contribution in [0.3, 0.4) is 0 Å². The molecular weight excluding hydrogens is 224 g/mol. The zero-order chi connectivity index (χ0) is 13.0. The second-order valence-corrected chi connectivity index (χ2v) is 3.67. The van der Waals surface area contributed by atoms with Crippen molar-refractivity contribution in [1.82, 2.24) is 10.2 Å². The minimum absolute atomic E-state index is 0.0726. The van der Waals surface area contributed by atoms with E-state index in [1.807, 2.05) is 0 Å². The first-order valence-corrected chi connectivity index (χ1v) is 4.92. The van der Waals surface area contributed by atoms with E-state index in [9.17, 15) is 19.8 Å². The molecule has 2 amide bonds. The molecule has 0 aliphatic rings. The number of aromatic hydroxyl groups is 2. The Labute approximate surface area is 98.5 Å². The van der Waals surface area contributed by atoms with Gasteiger partial charge in [0.2, 0.25) is 5.91 Å². The maximum atomic E-state index is 11.6. The minimum atomic E-state index is -0.617. The molecule has 0 aliphatic heterocycles. The van der Waals surface area contributed by atoms with Gasteiger partial charge < -0.3 is 20.4 Å². The second-order valence-electron chi connectivity index (χ2n) is 3.67. The number of nitrogens with zero attached hydrogens (tertiary/aromatic N) is 1. The predicted octanol–water partition coefficient (Wildman–Crippen LogP) is -0.0842. The number of carbonyl (C=O) groups is 2. The fourth-order valence-corrected chi connectivity index (χ4v) is 1.12. The van der Waals surface area contributed by atoms with E-state index >= 15 is 0 Å². The SMILES string of the molecule is CN(C)C(=O)CNC(=O)c1cc(O)ccc1O. The summed E-state index contributed by atoms with van der Waals surface area (Å²) in [6, 6.07) is 3.60. The van der Waals surface area contributed by atoms with E-state index in [1.54, 1.807) is 14.1 Å². The summed E-state index contributed by atoms with van der Waals surface area (Å²) in [6.45, 7) is -0.166. The van der Waals surface area contributed by atoms with Crippen molar-refractivity contribution >= 4 is 11.8 Å². The average Bonchev–Trinajstić information content (AvgIpc) is 2.28. The zero-order valence-electron chi connectivity index (χ0n) is 9.60. The maximum Gasteiger partial charge on any atom is 0.255 e. The Hall–Kier alpha value is -2.24. The number of phenols is 2. The number of hydrogen-bond donors (Lipinski definition) is 3. The lowest BCUT2D eigenvalue weighted by molar-refractivity contribution is -0.127. The normalized spacial score (nSPS) is 9.76. The summed E-state index contributed by atoms with van der Waals surface area (Å²) in [6.07, 6.45) is 0. The highest BCUT2D eigenvalue weighted by Gasteiger charge is 2.13. The second kappa shape index (κ2) is 5.20. The van der Waals surface area contributed by atoms with Gasteiger partial charge in [-0.05, 0) is 18.2 Å². The van der Waals surface area contributed by atoms with Gasteiger partial charge in [-0.1, -0.05) is 0 Å². The molecule has 0 bridgehead atoms. The van der Waals surface area contributed by atoms with Crippen molar-refractivity contribution in [3.05, 3.63) is 23.8 Å². The van der Waals surface area contributed by atoms with Gasteiger partial charge >= 0.3 is 0 Å². The molecule has 0 aromatic heterocycles. The molecule has 0 unspecified atom stereocenters. The van der Waals surface area contributed by atoms with Crippen molar-refractivity contribution in [3.63, 3.8) is 0 Å². The monoisotopic (exact) mass is 238 g/mol.